The summed E-state index contributed by atoms with van der Waals surface area (Å²) in [5, 5.41) is 9.59. The van der Waals surface area contributed by atoms with Gasteiger partial charge in [0.05, 0.1) is 5.02 Å². The van der Waals surface area contributed by atoms with E-state index in [1.54, 1.807) is 12.3 Å². The quantitative estimate of drug-likeness (QED) is 0.810. The zero-order valence-corrected chi connectivity index (χ0v) is 9.79. The maximum Gasteiger partial charge on any atom is 0.154 e. The maximum atomic E-state index is 8.91. The predicted molar refractivity (Wildman–Crippen MR) is 64.5 cm³/mol. The Labute approximate surface area is 103 Å². The van der Waals surface area contributed by atoms with Crippen LogP contribution in [-0.2, 0) is 0 Å². The molecule has 0 atom stereocenters. The van der Waals surface area contributed by atoms with Crippen molar-refractivity contribution in [2.75, 3.05) is 0 Å². The molecule has 4 heteroatoms. The molecule has 0 bridgehead atoms. The fourth-order valence-corrected chi connectivity index (χ4v) is 2.35. The topological polar surface area (TPSA) is 36.7 Å². The van der Waals surface area contributed by atoms with Crippen LogP contribution in [0.25, 0.3) is 0 Å². The third-order valence-corrected chi connectivity index (χ3v) is 3.50. The molecule has 0 fully saturated rings. The molecule has 0 aliphatic heterocycles. The minimum absolute atomic E-state index is 0.424. The maximum absolute atomic E-state index is 8.91. The lowest BCUT2D eigenvalue weighted by Crippen LogP contribution is -1.85. The van der Waals surface area contributed by atoms with E-state index in [1.165, 1.54) is 11.8 Å². The van der Waals surface area contributed by atoms with Crippen molar-refractivity contribution in [3.8, 4) is 6.07 Å². The van der Waals surface area contributed by atoms with Gasteiger partial charge in [-0.1, -0.05) is 35.5 Å². The lowest BCUT2D eigenvalue weighted by atomic mass is 10.4. The van der Waals surface area contributed by atoms with Crippen LogP contribution < -0.4 is 0 Å². The first-order valence-electron chi connectivity index (χ1n) is 4.59. The van der Waals surface area contributed by atoms with Crippen molar-refractivity contribution < 1.29 is 0 Å². The van der Waals surface area contributed by atoms with Crippen molar-refractivity contribution in [3.05, 3.63) is 53.3 Å². The van der Waals surface area contributed by atoms with E-state index in [0.29, 0.717) is 10.7 Å². The van der Waals surface area contributed by atoms with Gasteiger partial charge in [-0.15, -0.1) is 0 Å². The molecule has 1 aromatic carbocycles. The summed E-state index contributed by atoms with van der Waals surface area (Å²) < 4.78 is 0. The summed E-state index contributed by atoms with van der Waals surface area (Å²) in [6, 6.07) is 13.3. The van der Waals surface area contributed by atoms with Gasteiger partial charge in [0.2, 0.25) is 0 Å². The summed E-state index contributed by atoms with van der Waals surface area (Å²) in [7, 11) is 0. The van der Waals surface area contributed by atoms with Crippen molar-refractivity contribution in [3.63, 3.8) is 0 Å². The molecule has 2 rings (SSSR count). The number of nitriles is 1. The van der Waals surface area contributed by atoms with Crippen LogP contribution in [0.1, 0.15) is 5.69 Å². The van der Waals surface area contributed by atoms with E-state index in [0.717, 1.165) is 9.79 Å². The SMILES string of the molecule is N#Cc1ncccc1Sc1ccccc1Cl. The Morgan fingerprint density at radius 2 is 1.88 bits per heavy atom. The number of hydrogen-bond donors (Lipinski definition) is 0. The van der Waals surface area contributed by atoms with Crippen LogP contribution in [0.3, 0.4) is 0 Å². The molecule has 2 aromatic rings. The number of halogens is 1. The van der Waals surface area contributed by atoms with Gasteiger partial charge in [-0.2, -0.15) is 5.26 Å². The highest BCUT2D eigenvalue weighted by Gasteiger charge is 2.06. The van der Waals surface area contributed by atoms with Gasteiger partial charge in [-0.25, -0.2) is 4.98 Å². The van der Waals surface area contributed by atoms with Crippen molar-refractivity contribution >= 4 is 23.4 Å². The molecule has 0 spiro atoms. The molecule has 0 aliphatic carbocycles. The third kappa shape index (κ3) is 2.35. The van der Waals surface area contributed by atoms with E-state index < -0.39 is 0 Å². The summed E-state index contributed by atoms with van der Waals surface area (Å²) in [4.78, 5) is 5.74. The highest BCUT2D eigenvalue weighted by molar-refractivity contribution is 7.99. The number of benzene rings is 1. The number of hydrogen-bond acceptors (Lipinski definition) is 3. The molecule has 0 N–H and O–H groups in total. The van der Waals surface area contributed by atoms with Crippen LogP contribution in [-0.4, -0.2) is 4.98 Å². The van der Waals surface area contributed by atoms with Gasteiger partial charge >= 0.3 is 0 Å². The molecular weight excluding hydrogens is 240 g/mol. The molecule has 0 unspecified atom stereocenters. The van der Waals surface area contributed by atoms with Gasteiger partial charge in [0, 0.05) is 16.0 Å². The van der Waals surface area contributed by atoms with Gasteiger partial charge in [0.25, 0.3) is 0 Å². The lowest BCUT2D eigenvalue weighted by molar-refractivity contribution is 1.18. The number of rotatable bonds is 2. The summed E-state index contributed by atoms with van der Waals surface area (Å²) >= 11 is 7.49. The molecule has 1 aromatic heterocycles. The Hall–Kier alpha value is -1.50. The largest absolute Gasteiger partial charge is 0.244 e. The molecule has 2 nitrogen and oxygen atoms in total. The predicted octanol–water partition coefficient (Wildman–Crippen LogP) is 3.76. The van der Waals surface area contributed by atoms with Crippen LogP contribution in [0.15, 0.2) is 52.4 Å². The third-order valence-electron chi connectivity index (χ3n) is 1.93. The van der Waals surface area contributed by atoms with Crippen LogP contribution in [0, 0.1) is 11.3 Å². The normalized spacial score (nSPS) is 9.75. The average Bonchev–Trinajstić information content (AvgIpc) is 2.33. The van der Waals surface area contributed by atoms with Gasteiger partial charge in [-0.3, -0.25) is 0 Å². The first kappa shape index (κ1) is 11.0. The monoisotopic (exact) mass is 246 g/mol. The average molecular weight is 247 g/mol. The van der Waals surface area contributed by atoms with E-state index in [1.807, 2.05) is 30.3 Å². The van der Waals surface area contributed by atoms with Crippen molar-refractivity contribution in [2.24, 2.45) is 0 Å². The van der Waals surface area contributed by atoms with Gasteiger partial charge in [-0.05, 0) is 24.3 Å². The second-order valence-electron chi connectivity index (χ2n) is 2.99. The number of aromatic nitrogens is 1. The van der Waals surface area contributed by atoms with Gasteiger partial charge < -0.3 is 0 Å². The standard InChI is InChI=1S/C12H7ClN2S/c13-9-4-1-2-5-11(9)16-12-6-3-7-15-10(12)8-14/h1-7H. The van der Waals surface area contributed by atoms with Crippen molar-refractivity contribution in [2.45, 2.75) is 9.79 Å². The molecule has 78 valence electrons. The van der Waals surface area contributed by atoms with Gasteiger partial charge in [0.1, 0.15) is 6.07 Å². The van der Waals surface area contributed by atoms with Crippen LogP contribution in [0.4, 0.5) is 0 Å². The Morgan fingerprint density at radius 1 is 1.12 bits per heavy atom. The summed E-state index contributed by atoms with van der Waals surface area (Å²) in [6.45, 7) is 0. The van der Waals surface area contributed by atoms with Crippen LogP contribution >= 0.6 is 23.4 Å². The van der Waals surface area contributed by atoms with Crippen molar-refractivity contribution in [1.29, 1.82) is 5.26 Å². The highest BCUT2D eigenvalue weighted by atomic mass is 35.5. The lowest BCUT2D eigenvalue weighted by Gasteiger charge is -2.04. The minimum atomic E-state index is 0.424. The van der Waals surface area contributed by atoms with E-state index in [4.69, 9.17) is 16.9 Å². The molecule has 0 aliphatic rings. The zero-order chi connectivity index (χ0) is 11.4. The molecule has 1 heterocycles. The molecule has 0 saturated carbocycles. The Balaban J connectivity index is 2.35. The van der Waals surface area contributed by atoms with E-state index in [2.05, 4.69) is 11.1 Å². The molecule has 0 amide bonds. The second-order valence-corrected chi connectivity index (χ2v) is 4.49. The molecule has 16 heavy (non-hydrogen) atoms. The molecular formula is C12H7ClN2S. The fraction of sp³-hybridized carbons (Fsp3) is 0. The summed E-state index contributed by atoms with van der Waals surface area (Å²) in [5.41, 5.74) is 0.424. The van der Waals surface area contributed by atoms with E-state index in [9.17, 15) is 0 Å². The Morgan fingerprint density at radius 3 is 2.62 bits per heavy atom. The Kier molecular flexibility index (Phi) is 3.45. The smallest absolute Gasteiger partial charge is 0.154 e. The van der Waals surface area contributed by atoms with Gasteiger partial charge in [0.15, 0.2) is 5.69 Å². The molecule has 0 saturated heterocycles. The zero-order valence-electron chi connectivity index (χ0n) is 8.22. The summed E-state index contributed by atoms with van der Waals surface area (Å²) in [6.07, 6.45) is 1.61. The second kappa shape index (κ2) is 5.02. The highest BCUT2D eigenvalue weighted by Crippen LogP contribution is 2.33. The summed E-state index contributed by atoms with van der Waals surface area (Å²) in [5.74, 6) is 0. The first-order valence-corrected chi connectivity index (χ1v) is 5.78. The van der Waals surface area contributed by atoms with Crippen molar-refractivity contribution in [1.82, 2.24) is 4.98 Å². The van der Waals surface area contributed by atoms with Crippen LogP contribution in [0.2, 0.25) is 5.02 Å². The first-order chi connectivity index (χ1) is 7.81. The van der Waals surface area contributed by atoms with E-state index in [-0.39, 0.29) is 0 Å². The van der Waals surface area contributed by atoms with E-state index >= 15 is 0 Å². The van der Waals surface area contributed by atoms with Crippen LogP contribution in [0.5, 0.6) is 0 Å². The Bertz CT molecular complexity index is 549. The number of pyridine rings is 1. The fourth-order valence-electron chi connectivity index (χ4n) is 1.20. The minimum Gasteiger partial charge on any atom is -0.244 e. The molecule has 0 radical (unpaired) electrons. The number of nitrogens with zero attached hydrogens (tertiary/aromatic N) is 2.